The maximum absolute atomic E-state index is 3.51. The monoisotopic (exact) mass is 289 g/mol. The first-order chi connectivity index (χ1) is 7.26. The lowest BCUT2D eigenvalue weighted by molar-refractivity contribution is 0.447. The van der Waals surface area contributed by atoms with Gasteiger partial charge in [-0.15, -0.1) is 11.3 Å². The molecule has 0 aliphatic heterocycles. The SMILES string of the molecule is CCCC(CNCC)Cc1cc(Br)cs1. The van der Waals surface area contributed by atoms with Crippen LogP contribution in [0.2, 0.25) is 0 Å². The molecule has 0 saturated carbocycles. The molecule has 0 radical (unpaired) electrons. The Morgan fingerprint density at radius 2 is 2.27 bits per heavy atom. The lowest BCUT2D eigenvalue weighted by Crippen LogP contribution is -2.23. The minimum absolute atomic E-state index is 0.792. The zero-order valence-electron chi connectivity index (χ0n) is 9.55. The smallest absolute Gasteiger partial charge is 0.0285 e. The van der Waals surface area contributed by atoms with Crippen molar-refractivity contribution in [3.05, 3.63) is 20.8 Å². The lowest BCUT2D eigenvalue weighted by Gasteiger charge is -2.15. The summed E-state index contributed by atoms with van der Waals surface area (Å²) in [4.78, 5) is 1.50. The third kappa shape index (κ3) is 5.14. The molecule has 86 valence electrons. The molecule has 0 aromatic carbocycles. The van der Waals surface area contributed by atoms with Gasteiger partial charge < -0.3 is 5.32 Å². The number of hydrogen-bond donors (Lipinski definition) is 1. The Hall–Kier alpha value is 0.140. The second-order valence-electron chi connectivity index (χ2n) is 3.90. The average Bonchev–Trinajstić information content (AvgIpc) is 2.61. The van der Waals surface area contributed by atoms with Crippen LogP contribution in [0.3, 0.4) is 0 Å². The van der Waals surface area contributed by atoms with Crippen LogP contribution in [0.1, 0.15) is 31.6 Å². The largest absolute Gasteiger partial charge is 0.317 e. The number of hydrogen-bond acceptors (Lipinski definition) is 2. The van der Waals surface area contributed by atoms with Crippen LogP contribution < -0.4 is 5.32 Å². The predicted octanol–water partition coefficient (Wildman–Crippen LogP) is 4.08. The first-order valence-corrected chi connectivity index (χ1v) is 7.37. The molecule has 1 rings (SSSR count). The van der Waals surface area contributed by atoms with Gasteiger partial charge in [0, 0.05) is 14.7 Å². The summed E-state index contributed by atoms with van der Waals surface area (Å²) in [6.07, 6.45) is 3.82. The number of halogens is 1. The molecule has 1 atom stereocenters. The van der Waals surface area contributed by atoms with Crippen LogP contribution in [0, 0.1) is 5.92 Å². The molecule has 15 heavy (non-hydrogen) atoms. The summed E-state index contributed by atoms with van der Waals surface area (Å²) in [7, 11) is 0. The molecule has 1 N–H and O–H groups in total. The van der Waals surface area contributed by atoms with Crippen LogP contribution in [0.4, 0.5) is 0 Å². The Bertz CT molecular complexity index is 272. The van der Waals surface area contributed by atoms with E-state index in [0.29, 0.717) is 0 Å². The zero-order chi connectivity index (χ0) is 11.1. The summed E-state index contributed by atoms with van der Waals surface area (Å²) in [6, 6.07) is 2.25. The molecule has 0 aliphatic carbocycles. The van der Waals surface area contributed by atoms with Crippen molar-refractivity contribution in [1.29, 1.82) is 0 Å². The van der Waals surface area contributed by atoms with E-state index in [9.17, 15) is 0 Å². The maximum atomic E-state index is 3.51. The van der Waals surface area contributed by atoms with E-state index in [1.807, 2.05) is 11.3 Å². The molecule has 0 fully saturated rings. The average molecular weight is 290 g/mol. The van der Waals surface area contributed by atoms with Gasteiger partial charge in [-0.25, -0.2) is 0 Å². The molecule has 1 aromatic heterocycles. The number of rotatable bonds is 7. The van der Waals surface area contributed by atoms with Crippen LogP contribution >= 0.6 is 27.3 Å². The molecule has 0 saturated heterocycles. The molecule has 1 heterocycles. The summed E-state index contributed by atoms with van der Waals surface area (Å²) in [6.45, 7) is 6.67. The van der Waals surface area contributed by atoms with Crippen LogP contribution in [0.5, 0.6) is 0 Å². The van der Waals surface area contributed by atoms with Crippen molar-refractivity contribution in [1.82, 2.24) is 5.32 Å². The molecular formula is C12H20BrNS. The standard InChI is InChI=1S/C12H20BrNS/c1-3-5-10(8-14-4-2)6-12-7-11(13)9-15-12/h7,9-10,14H,3-6,8H2,1-2H3. The quantitative estimate of drug-likeness (QED) is 0.798. The molecule has 0 bridgehead atoms. The van der Waals surface area contributed by atoms with Crippen molar-refractivity contribution in [3.63, 3.8) is 0 Å². The van der Waals surface area contributed by atoms with Gasteiger partial charge in [-0.2, -0.15) is 0 Å². The van der Waals surface area contributed by atoms with Crippen molar-refractivity contribution in [3.8, 4) is 0 Å². The maximum Gasteiger partial charge on any atom is 0.0285 e. The third-order valence-electron chi connectivity index (χ3n) is 2.49. The van der Waals surface area contributed by atoms with Gasteiger partial charge in [0.25, 0.3) is 0 Å². The topological polar surface area (TPSA) is 12.0 Å². The van der Waals surface area contributed by atoms with Gasteiger partial charge >= 0.3 is 0 Å². The Labute approximate surface area is 105 Å². The molecule has 1 aromatic rings. The minimum atomic E-state index is 0.792. The van der Waals surface area contributed by atoms with Crippen molar-refractivity contribution in [2.75, 3.05) is 13.1 Å². The first kappa shape index (κ1) is 13.2. The fourth-order valence-corrected chi connectivity index (χ4v) is 3.35. The highest BCUT2D eigenvalue weighted by molar-refractivity contribution is 9.10. The fraction of sp³-hybridized carbons (Fsp3) is 0.667. The number of thiophene rings is 1. The van der Waals surface area contributed by atoms with E-state index in [0.717, 1.165) is 19.0 Å². The second kappa shape index (κ2) is 7.42. The molecule has 0 spiro atoms. The van der Waals surface area contributed by atoms with E-state index >= 15 is 0 Å². The van der Waals surface area contributed by atoms with Gasteiger partial charge in [-0.05, 0) is 53.8 Å². The third-order valence-corrected chi connectivity index (χ3v) is 4.21. The van der Waals surface area contributed by atoms with Crippen molar-refractivity contribution in [2.24, 2.45) is 5.92 Å². The van der Waals surface area contributed by atoms with Crippen LogP contribution in [-0.4, -0.2) is 13.1 Å². The summed E-state index contributed by atoms with van der Waals surface area (Å²) >= 11 is 5.37. The van der Waals surface area contributed by atoms with Gasteiger partial charge in [0.15, 0.2) is 0 Å². The zero-order valence-corrected chi connectivity index (χ0v) is 12.0. The summed E-state index contributed by atoms with van der Waals surface area (Å²) in [5, 5.41) is 5.63. The van der Waals surface area contributed by atoms with E-state index in [2.05, 4.69) is 46.5 Å². The van der Waals surface area contributed by atoms with E-state index in [4.69, 9.17) is 0 Å². The van der Waals surface area contributed by atoms with Crippen molar-refractivity contribution in [2.45, 2.75) is 33.1 Å². The second-order valence-corrected chi connectivity index (χ2v) is 5.81. The van der Waals surface area contributed by atoms with E-state index in [-0.39, 0.29) is 0 Å². The Morgan fingerprint density at radius 3 is 2.80 bits per heavy atom. The Morgan fingerprint density at radius 1 is 1.47 bits per heavy atom. The van der Waals surface area contributed by atoms with Crippen LogP contribution in [0.25, 0.3) is 0 Å². The Kier molecular flexibility index (Phi) is 6.53. The molecular weight excluding hydrogens is 270 g/mol. The predicted molar refractivity (Wildman–Crippen MR) is 72.7 cm³/mol. The molecule has 0 amide bonds. The number of nitrogens with one attached hydrogen (secondary N) is 1. The fourth-order valence-electron chi connectivity index (χ4n) is 1.78. The van der Waals surface area contributed by atoms with Crippen molar-refractivity contribution < 1.29 is 0 Å². The van der Waals surface area contributed by atoms with Gasteiger partial charge in [0.1, 0.15) is 0 Å². The highest BCUT2D eigenvalue weighted by atomic mass is 79.9. The summed E-state index contributed by atoms with van der Waals surface area (Å²) < 4.78 is 1.22. The van der Waals surface area contributed by atoms with Crippen LogP contribution in [-0.2, 0) is 6.42 Å². The van der Waals surface area contributed by atoms with E-state index in [1.165, 1.54) is 28.6 Å². The lowest BCUT2D eigenvalue weighted by atomic mass is 9.99. The van der Waals surface area contributed by atoms with Crippen LogP contribution in [0.15, 0.2) is 15.9 Å². The molecule has 1 unspecified atom stereocenters. The van der Waals surface area contributed by atoms with Gasteiger partial charge in [-0.1, -0.05) is 20.3 Å². The first-order valence-electron chi connectivity index (χ1n) is 5.69. The highest BCUT2D eigenvalue weighted by Crippen LogP contribution is 2.23. The Balaban J connectivity index is 2.42. The van der Waals surface area contributed by atoms with Gasteiger partial charge in [-0.3, -0.25) is 0 Å². The van der Waals surface area contributed by atoms with Crippen molar-refractivity contribution >= 4 is 27.3 Å². The normalized spacial score (nSPS) is 13.0. The van der Waals surface area contributed by atoms with E-state index in [1.54, 1.807) is 0 Å². The van der Waals surface area contributed by atoms with E-state index < -0.39 is 0 Å². The summed E-state index contributed by atoms with van der Waals surface area (Å²) in [5.41, 5.74) is 0. The minimum Gasteiger partial charge on any atom is -0.317 e. The molecule has 1 nitrogen and oxygen atoms in total. The molecule has 3 heteroatoms. The van der Waals surface area contributed by atoms with Gasteiger partial charge in [0.2, 0.25) is 0 Å². The highest BCUT2D eigenvalue weighted by Gasteiger charge is 2.09. The molecule has 0 aliphatic rings. The summed E-state index contributed by atoms with van der Waals surface area (Å²) in [5.74, 6) is 0.792. The van der Waals surface area contributed by atoms with Gasteiger partial charge in [0.05, 0.1) is 0 Å².